The van der Waals surface area contributed by atoms with Crippen molar-refractivity contribution in [2.24, 2.45) is 10.7 Å². The molecular weight excluding hydrogens is 376 g/mol. The molecule has 27 heavy (non-hydrogen) atoms. The number of benzene rings is 1. The molecule has 1 aromatic carbocycles. The summed E-state index contributed by atoms with van der Waals surface area (Å²) in [5, 5.41) is 4.13. The maximum atomic E-state index is 6.26. The van der Waals surface area contributed by atoms with Gasteiger partial charge in [0.1, 0.15) is 5.01 Å². The maximum absolute atomic E-state index is 6.26. The average Bonchev–Trinajstić information content (AvgIpc) is 3.37. The van der Waals surface area contributed by atoms with Gasteiger partial charge >= 0.3 is 0 Å². The lowest BCUT2D eigenvalue weighted by molar-refractivity contribution is 0.380. The molecule has 2 aromatic heterocycles. The van der Waals surface area contributed by atoms with Gasteiger partial charge in [0.2, 0.25) is 0 Å². The minimum atomic E-state index is 0.578. The summed E-state index contributed by atoms with van der Waals surface area (Å²) in [6.07, 6.45) is 1.85. The topological polar surface area (TPSA) is 70.6 Å². The number of nitrogens with zero attached hydrogens (tertiary/aromatic N) is 5. The van der Waals surface area contributed by atoms with Gasteiger partial charge in [-0.15, -0.1) is 22.7 Å². The molecule has 0 bridgehead atoms. The summed E-state index contributed by atoms with van der Waals surface area (Å²) in [6.45, 7) is 6.19. The zero-order chi connectivity index (χ0) is 18.6. The van der Waals surface area contributed by atoms with Crippen LogP contribution in [0.4, 0.5) is 5.13 Å². The number of hydrogen-bond donors (Lipinski definition) is 1. The molecule has 1 aliphatic heterocycles. The van der Waals surface area contributed by atoms with Gasteiger partial charge in [-0.3, -0.25) is 0 Å². The van der Waals surface area contributed by atoms with Gasteiger partial charge in [0.05, 0.1) is 12.2 Å². The van der Waals surface area contributed by atoms with Crippen molar-refractivity contribution in [3.05, 3.63) is 52.5 Å². The Morgan fingerprint density at radius 3 is 2.67 bits per heavy atom. The summed E-state index contributed by atoms with van der Waals surface area (Å²) in [5.41, 5.74) is 8.43. The maximum Gasteiger partial charge on any atom is 0.191 e. The van der Waals surface area contributed by atoms with Crippen molar-refractivity contribution in [2.75, 3.05) is 31.1 Å². The Balaban J connectivity index is 1.38. The summed E-state index contributed by atoms with van der Waals surface area (Å²) in [4.78, 5) is 19.3. The number of guanidine groups is 1. The van der Waals surface area contributed by atoms with E-state index in [1.54, 1.807) is 22.7 Å². The van der Waals surface area contributed by atoms with Crippen LogP contribution in [0.1, 0.15) is 10.6 Å². The molecule has 0 saturated carbocycles. The van der Waals surface area contributed by atoms with Gasteiger partial charge in [0.15, 0.2) is 11.1 Å². The van der Waals surface area contributed by atoms with Gasteiger partial charge < -0.3 is 15.5 Å². The van der Waals surface area contributed by atoms with Crippen LogP contribution in [0.5, 0.6) is 0 Å². The van der Waals surface area contributed by atoms with E-state index >= 15 is 0 Å². The van der Waals surface area contributed by atoms with Crippen LogP contribution in [-0.2, 0) is 6.54 Å². The predicted octanol–water partition coefficient (Wildman–Crippen LogP) is 3.21. The molecule has 3 heterocycles. The fourth-order valence-corrected chi connectivity index (χ4v) is 4.72. The van der Waals surface area contributed by atoms with Crippen LogP contribution in [-0.4, -0.2) is 47.0 Å². The Kier molecular flexibility index (Phi) is 5.35. The molecule has 8 heteroatoms. The molecule has 1 saturated heterocycles. The standard InChI is InChI=1S/C19H22N6S2/c1-14-16(27-17(23-14)15-5-3-2-4-6-15)13-22-18(20)24-8-10-25(11-9-24)19-21-7-12-26-19/h2-7,12H,8-11,13H2,1H3,(H2,20,22). The van der Waals surface area contributed by atoms with Gasteiger partial charge in [0, 0.05) is 48.2 Å². The van der Waals surface area contributed by atoms with Crippen molar-refractivity contribution in [3.8, 4) is 10.6 Å². The number of hydrogen-bond acceptors (Lipinski definition) is 6. The number of nitrogens with two attached hydrogens (primary N) is 1. The lowest BCUT2D eigenvalue weighted by atomic mass is 10.2. The van der Waals surface area contributed by atoms with Crippen LogP contribution in [0.2, 0.25) is 0 Å². The molecule has 4 rings (SSSR count). The van der Waals surface area contributed by atoms with E-state index in [-0.39, 0.29) is 0 Å². The summed E-state index contributed by atoms with van der Waals surface area (Å²) in [7, 11) is 0. The van der Waals surface area contributed by atoms with E-state index in [1.165, 1.54) is 4.88 Å². The Bertz CT molecular complexity index is 896. The van der Waals surface area contributed by atoms with Crippen LogP contribution >= 0.6 is 22.7 Å². The van der Waals surface area contributed by atoms with Crippen molar-refractivity contribution < 1.29 is 0 Å². The monoisotopic (exact) mass is 398 g/mol. The first-order valence-electron chi connectivity index (χ1n) is 8.92. The molecule has 6 nitrogen and oxygen atoms in total. The second-order valence-corrected chi connectivity index (χ2v) is 8.31. The normalized spacial score (nSPS) is 15.4. The molecular formula is C19H22N6S2. The Morgan fingerprint density at radius 1 is 1.19 bits per heavy atom. The summed E-state index contributed by atoms with van der Waals surface area (Å²) >= 11 is 3.37. The second-order valence-electron chi connectivity index (χ2n) is 6.36. The number of piperazine rings is 1. The summed E-state index contributed by atoms with van der Waals surface area (Å²) in [6, 6.07) is 10.3. The van der Waals surface area contributed by atoms with Gasteiger partial charge in [-0.25, -0.2) is 15.0 Å². The molecule has 0 amide bonds. The van der Waals surface area contributed by atoms with Crippen molar-refractivity contribution >= 4 is 33.8 Å². The minimum absolute atomic E-state index is 0.578. The van der Waals surface area contributed by atoms with E-state index in [2.05, 4.69) is 31.9 Å². The molecule has 0 aliphatic carbocycles. The minimum Gasteiger partial charge on any atom is -0.370 e. The van der Waals surface area contributed by atoms with Crippen LogP contribution in [0.3, 0.4) is 0 Å². The molecule has 140 valence electrons. The third-order valence-electron chi connectivity index (χ3n) is 4.59. The highest BCUT2D eigenvalue weighted by atomic mass is 32.1. The molecule has 1 aliphatic rings. The van der Waals surface area contributed by atoms with Crippen molar-refractivity contribution in [1.82, 2.24) is 14.9 Å². The number of thiazole rings is 2. The fourth-order valence-electron chi connectivity index (χ4n) is 3.03. The van der Waals surface area contributed by atoms with Gasteiger partial charge in [-0.05, 0) is 6.92 Å². The largest absolute Gasteiger partial charge is 0.370 e. The van der Waals surface area contributed by atoms with Gasteiger partial charge in [-0.2, -0.15) is 0 Å². The van der Waals surface area contributed by atoms with Crippen molar-refractivity contribution in [3.63, 3.8) is 0 Å². The predicted molar refractivity (Wildman–Crippen MR) is 114 cm³/mol. The number of rotatable bonds is 4. The van der Waals surface area contributed by atoms with Gasteiger partial charge in [-0.1, -0.05) is 30.3 Å². The number of aryl methyl sites for hydroxylation is 1. The Morgan fingerprint density at radius 2 is 1.96 bits per heavy atom. The first kappa shape index (κ1) is 17.9. The van der Waals surface area contributed by atoms with E-state index in [0.29, 0.717) is 12.5 Å². The zero-order valence-corrected chi connectivity index (χ0v) is 16.8. The SMILES string of the molecule is Cc1nc(-c2ccccc2)sc1CN=C(N)N1CCN(c2nccs2)CC1. The van der Waals surface area contributed by atoms with E-state index in [9.17, 15) is 0 Å². The number of aromatic nitrogens is 2. The molecule has 1 fully saturated rings. The second kappa shape index (κ2) is 8.06. The average molecular weight is 399 g/mol. The molecule has 0 atom stereocenters. The third-order valence-corrected chi connectivity index (χ3v) is 6.62. The van der Waals surface area contributed by atoms with E-state index in [4.69, 9.17) is 10.7 Å². The van der Waals surface area contributed by atoms with Crippen LogP contribution in [0, 0.1) is 6.92 Å². The van der Waals surface area contributed by atoms with Crippen LogP contribution in [0.25, 0.3) is 10.6 Å². The molecule has 2 N–H and O–H groups in total. The number of anilines is 1. The van der Waals surface area contributed by atoms with E-state index in [0.717, 1.165) is 47.6 Å². The van der Waals surface area contributed by atoms with Crippen LogP contribution in [0.15, 0.2) is 46.9 Å². The highest BCUT2D eigenvalue weighted by molar-refractivity contribution is 7.15. The first-order valence-corrected chi connectivity index (χ1v) is 10.6. The van der Waals surface area contributed by atoms with Crippen LogP contribution < -0.4 is 10.6 Å². The Labute approximate surface area is 167 Å². The Hall–Kier alpha value is -2.45. The molecule has 3 aromatic rings. The quantitative estimate of drug-likeness (QED) is 0.540. The fraction of sp³-hybridized carbons (Fsp3) is 0.316. The van der Waals surface area contributed by atoms with Gasteiger partial charge in [0.25, 0.3) is 0 Å². The highest BCUT2D eigenvalue weighted by Gasteiger charge is 2.20. The lowest BCUT2D eigenvalue weighted by Crippen LogP contribution is -2.51. The smallest absolute Gasteiger partial charge is 0.191 e. The molecule has 0 unspecified atom stereocenters. The van der Waals surface area contributed by atoms with Crippen molar-refractivity contribution in [2.45, 2.75) is 13.5 Å². The zero-order valence-electron chi connectivity index (χ0n) is 15.2. The molecule has 0 spiro atoms. The van der Waals surface area contributed by atoms with E-state index in [1.807, 2.05) is 36.7 Å². The summed E-state index contributed by atoms with van der Waals surface area (Å²) < 4.78 is 0. The van der Waals surface area contributed by atoms with E-state index < -0.39 is 0 Å². The van der Waals surface area contributed by atoms with Crippen molar-refractivity contribution in [1.29, 1.82) is 0 Å². The highest BCUT2D eigenvalue weighted by Crippen LogP contribution is 2.28. The molecule has 0 radical (unpaired) electrons. The lowest BCUT2D eigenvalue weighted by Gasteiger charge is -2.35. The summed E-state index contributed by atoms with van der Waals surface area (Å²) in [5.74, 6) is 0.614. The number of aliphatic imine (C=N–C) groups is 1. The first-order chi connectivity index (χ1) is 13.2. The third kappa shape index (κ3) is 4.12.